The van der Waals surface area contributed by atoms with Crippen LogP contribution in [0.5, 0.6) is 0 Å². The first-order chi connectivity index (χ1) is 10.7. The SMILES string of the molecule is CCN(C)C(=O)c1cccc(C(=O)NC(C)(CN)CC(C)C)c1. The molecule has 0 saturated carbocycles. The smallest absolute Gasteiger partial charge is 0.253 e. The fourth-order valence-electron chi connectivity index (χ4n) is 2.59. The highest BCUT2D eigenvalue weighted by atomic mass is 16.2. The molecule has 5 nitrogen and oxygen atoms in total. The molecule has 1 aromatic rings. The number of carbonyl (C=O) groups is 2. The number of rotatable bonds is 7. The second-order valence-corrected chi connectivity index (χ2v) is 6.72. The minimum atomic E-state index is -0.453. The highest BCUT2D eigenvalue weighted by Crippen LogP contribution is 2.17. The first-order valence-corrected chi connectivity index (χ1v) is 8.10. The Hall–Kier alpha value is -1.88. The van der Waals surface area contributed by atoms with Gasteiger partial charge in [-0.05, 0) is 44.4 Å². The van der Waals surface area contributed by atoms with Crippen molar-refractivity contribution in [3.8, 4) is 0 Å². The van der Waals surface area contributed by atoms with Crippen LogP contribution in [0, 0.1) is 5.92 Å². The highest BCUT2D eigenvalue weighted by molar-refractivity contribution is 5.99. The summed E-state index contributed by atoms with van der Waals surface area (Å²) in [5.41, 5.74) is 6.38. The number of nitrogens with two attached hydrogens (primary N) is 1. The Kier molecular flexibility index (Phi) is 6.76. The van der Waals surface area contributed by atoms with Crippen molar-refractivity contribution in [2.75, 3.05) is 20.1 Å². The summed E-state index contributed by atoms with van der Waals surface area (Å²) in [6, 6.07) is 6.80. The molecule has 128 valence electrons. The van der Waals surface area contributed by atoms with Gasteiger partial charge in [-0.1, -0.05) is 19.9 Å². The molecule has 0 aliphatic rings. The van der Waals surface area contributed by atoms with E-state index in [9.17, 15) is 9.59 Å². The molecule has 23 heavy (non-hydrogen) atoms. The molecule has 1 unspecified atom stereocenters. The van der Waals surface area contributed by atoms with Crippen molar-refractivity contribution < 1.29 is 9.59 Å². The molecule has 1 rings (SSSR count). The number of nitrogens with zero attached hydrogens (tertiary/aromatic N) is 1. The number of nitrogens with one attached hydrogen (secondary N) is 1. The van der Waals surface area contributed by atoms with Crippen LogP contribution in [0.15, 0.2) is 24.3 Å². The van der Waals surface area contributed by atoms with E-state index in [-0.39, 0.29) is 11.8 Å². The molecule has 0 spiro atoms. The van der Waals surface area contributed by atoms with Gasteiger partial charge in [0.2, 0.25) is 0 Å². The van der Waals surface area contributed by atoms with Crippen LogP contribution in [-0.4, -0.2) is 42.4 Å². The zero-order valence-corrected chi connectivity index (χ0v) is 14.8. The van der Waals surface area contributed by atoms with Crippen LogP contribution < -0.4 is 11.1 Å². The van der Waals surface area contributed by atoms with Crippen molar-refractivity contribution in [1.82, 2.24) is 10.2 Å². The van der Waals surface area contributed by atoms with Gasteiger partial charge in [-0.15, -0.1) is 0 Å². The lowest BCUT2D eigenvalue weighted by Gasteiger charge is -2.31. The molecule has 0 bridgehead atoms. The molecule has 1 aromatic carbocycles. The molecule has 0 fully saturated rings. The van der Waals surface area contributed by atoms with Crippen molar-refractivity contribution in [2.24, 2.45) is 11.7 Å². The number of hydrogen-bond acceptors (Lipinski definition) is 3. The van der Waals surface area contributed by atoms with Crippen LogP contribution in [-0.2, 0) is 0 Å². The van der Waals surface area contributed by atoms with Gasteiger partial charge in [0.15, 0.2) is 0 Å². The molecule has 2 amide bonds. The van der Waals surface area contributed by atoms with Crippen molar-refractivity contribution in [1.29, 1.82) is 0 Å². The lowest BCUT2D eigenvalue weighted by molar-refractivity contribution is 0.0802. The zero-order valence-electron chi connectivity index (χ0n) is 14.8. The van der Waals surface area contributed by atoms with Crippen LogP contribution >= 0.6 is 0 Å². The van der Waals surface area contributed by atoms with Crippen LogP contribution in [0.25, 0.3) is 0 Å². The van der Waals surface area contributed by atoms with Gasteiger partial charge in [0.25, 0.3) is 11.8 Å². The second kappa shape index (κ2) is 8.11. The number of benzene rings is 1. The molecule has 0 aliphatic heterocycles. The van der Waals surface area contributed by atoms with Crippen molar-refractivity contribution in [3.63, 3.8) is 0 Å². The summed E-state index contributed by atoms with van der Waals surface area (Å²) in [6.45, 7) is 9.04. The minimum Gasteiger partial charge on any atom is -0.346 e. The van der Waals surface area contributed by atoms with Crippen molar-refractivity contribution >= 4 is 11.8 Å². The molecule has 0 saturated heterocycles. The third-order valence-corrected chi connectivity index (χ3v) is 3.92. The largest absolute Gasteiger partial charge is 0.346 e. The summed E-state index contributed by atoms with van der Waals surface area (Å²) < 4.78 is 0. The van der Waals surface area contributed by atoms with E-state index in [1.165, 1.54) is 0 Å². The van der Waals surface area contributed by atoms with Gasteiger partial charge in [0.05, 0.1) is 0 Å². The monoisotopic (exact) mass is 319 g/mol. The van der Waals surface area contributed by atoms with Gasteiger partial charge >= 0.3 is 0 Å². The molecule has 0 radical (unpaired) electrons. The van der Waals surface area contributed by atoms with E-state index < -0.39 is 5.54 Å². The summed E-state index contributed by atoms with van der Waals surface area (Å²) in [7, 11) is 1.74. The Labute approximate surface area is 139 Å². The van der Waals surface area contributed by atoms with E-state index in [0.29, 0.717) is 30.1 Å². The van der Waals surface area contributed by atoms with Gasteiger partial charge in [-0.2, -0.15) is 0 Å². The Bertz CT molecular complexity index is 557. The van der Waals surface area contributed by atoms with E-state index in [1.807, 2.05) is 13.8 Å². The summed E-state index contributed by atoms with van der Waals surface area (Å²) in [5, 5.41) is 3.01. The van der Waals surface area contributed by atoms with E-state index in [1.54, 1.807) is 36.2 Å². The maximum absolute atomic E-state index is 12.5. The van der Waals surface area contributed by atoms with Gasteiger partial charge in [-0.25, -0.2) is 0 Å². The summed E-state index contributed by atoms with van der Waals surface area (Å²) >= 11 is 0. The Morgan fingerprint density at radius 2 is 1.91 bits per heavy atom. The molecule has 0 aromatic heterocycles. The Balaban J connectivity index is 2.94. The van der Waals surface area contributed by atoms with Crippen LogP contribution in [0.4, 0.5) is 0 Å². The summed E-state index contributed by atoms with van der Waals surface area (Å²) in [4.78, 5) is 26.3. The minimum absolute atomic E-state index is 0.0917. The normalized spacial score (nSPS) is 13.5. The first-order valence-electron chi connectivity index (χ1n) is 8.10. The van der Waals surface area contributed by atoms with Crippen LogP contribution in [0.3, 0.4) is 0 Å². The van der Waals surface area contributed by atoms with E-state index >= 15 is 0 Å². The lowest BCUT2D eigenvalue weighted by Crippen LogP contribution is -2.52. The van der Waals surface area contributed by atoms with E-state index in [0.717, 1.165) is 6.42 Å². The fraction of sp³-hybridized carbons (Fsp3) is 0.556. The highest BCUT2D eigenvalue weighted by Gasteiger charge is 2.26. The molecule has 1 atom stereocenters. The third-order valence-electron chi connectivity index (χ3n) is 3.92. The van der Waals surface area contributed by atoms with E-state index in [4.69, 9.17) is 5.73 Å². The number of carbonyl (C=O) groups excluding carboxylic acids is 2. The standard InChI is InChI=1S/C18H29N3O2/c1-6-21(5)17(23)15-9-7-8-14(10-15)16(22)20-18(4,12-19)11-13(2)3/h7-10,13H,6,11-12,19H2,1-5H3,(H,20,22). The lowest BCUT2D eigenvalue weighted by atomic mass is 9.90. The maximum Gasteiger partial charge on any atom is 0.253 e. The third kappa shape index (κ3) is 5.36. The average molecular weight is 319 g/mol. The maximum atomic E-state index is 12.5. The molecular formula is C18H29N3O2. The average Bonchev–Trinajstić information content (AvgIpc) is 2.52. The second-order valence-electron chi connectivity index (χ2n) is 6.72. The predicted molar refractivity (Wildman–Crippen MR) is 93.5 cm³/mol. The molecule has 5 heteroatoms. The zero-order chi connectivity index (χ0) is 17.6. The molecule has 0 heterocycles. The summed E-state index contributed by atoms with van der Waals surface area (Å²) in [5.74, 6) is 0.133. The molecule has 0 aliphatic carbocycles. The van der Waals surface area contributed by atoms with Crippen LogP contribution in [0.2, 0.25) is 0 Å². The van der Waals surface area contributed by atoms with Crippen molar-refractivity contribution in [2.45, 2.75) is 39.7 Å². The predicted octanol–water partition coefficient (Wildman–Crippen LogP) is 2.27. The first kappa shape index (κ1) is 19.2. The number of hydrogen-bond donors (Lipinski definition) is 2. The van der Waals surface area contributed by atoms with Gasteiger partial charge < -0.3 is 16.0 Å². The number of amides is 2. The topological polar surface area (TPSA) is 75.4 Å². The fourth-order valence-corrected chi connectivity index (χ4v) is 2.59. The van der Waals surface area contributed by atoms with E-state index in [2.05, 4.69) is 19.2 Å². The van der Waals surface area contributed by atoms with Crippen molar-refractivity contribution in [3.05, 3.63) is 35.4 Å². The van der Waals surface area contributed by atoms with Gasteiger partial charge in [0, 0.05) is 36.8 Å². The van der Waals surface area contributed by atoms with Crippen LogP contribution in [0.1, 0.15) is 54.8 Å². The molecule has 3 N–H and O–H groups in total. The quantitative estimate of drug-likeness (QED) is 0.809. The van der Waals surface area contributed by atoms with Gasteiger partial charge in [0.1, 0.15) is 0 Å². The molecular weight excluding hydrogens is 290 g/mol. The van der Waals surface area contributed by atoms with Gasteiger partial charge in [-0.3, -0.25) is 9.59 Å². The Morgan fingerprint density at radius 3 is 2.43 bits per heavy atom. The Morgan fingerprint density at radius 1 is 1.30 bits per heavy atom. The summed E-state index contributed by atoms with van der Waals surface area (Å²) in [6.07, 6.45) is 0.798.